The highest BCUT2D eigenvalue weighted by molar-refractivity contribution is 5.78. The quantitative estimate of drug-likeness (QED) is 0.857. The third-order valence-electron chi connectivity index (χ3n) is 3.73. The van der Waals surface area contributed by atoms with Gasteiger partial charge in [-0.2, -0.15) is 5.26 Å². The summed E-state index contributed by atoms with van der Waals surface area (Å²) in [6.45, 7) is 4.20. The molecule has 2 N–H and O–H groups in total. The van der Waals surface area contributed by atoms with Crippen LogP contribution in [0, 0.1) is 11.3 Å². The number of nitrogens with one attached hydrogen (secondary N) is 2. The van der Waals surface area contributed by atoms with Gasteiger partial charge in [-0.05, 0) is 32.3 Å². The number of hydrogen-bond acceptors (Lipinski definition) is 3. The third kappa shape index (κ3) is 3.17. The zero-order valence-electron chi connectivity index (χ0n) is 12.0. The van der Waals surface area contributed by atoms with E-state index in [0.717, 1.165) is 18.4 Å². The summed E-state index contributed by atoms with van der Waals surface area (Å²) in [6, 6.07) is 12.7. The van der Waals surface area contributed by atoms with Crippen LogP contribution >= 0.6 is 0 Å². The minimum absolute atomic E-state index is 0.00849. The van der Waals surface area contributed by atoms with Crippen molar-refractivity contribution in [3.63, 3.8) is 0 Å². The zero-order valence-corrected chi connectivity index (χ0v) is 12.0. The highest BCUT2D eigenvalue weighted by Gasteiger charge is 2.45. The number of carbonyl (C=O) groups excluding carboxylic acids is 1. The summed E-state index contributed by atoms with van der Waals surface area (Å²) in [5.74, 6) is 0.00849. The standard InChI is InChI=1S/C16H21N3O/c1-12(2)19-15(20)10-18-14-8-16(9-14,11-17)13-6-4-3-5-7-13/h3-7,12,14,18H,8-10H2,1-2H3,(H,19,20). The predicted molar refractivity (Wildman–Crippen MR) is 78.0 cm³/mol. The molecule has 1 fully saturated rings. The molecule has 1 aromatic carbocycles. The molecule has 0 spiro atoms. The minimum Gasteiger partial charge on any atom is -0.353 e. The largest absolute Gasteiger partial charge is 0.353 e. The van der Waals surface area contributed by atoms with Crippen LogP contribution in [0.4, 0.5) is 0 Å². The van der Waals surface area contributed by atoms with Crippen LogP contribution in [0.2, 0.25) is 0 Å². The Morgan fingerprint density at radius 3 is 2.60 bits per heavy atom. The molecule has 0 bridgehead atoms. The smallest absolute Gasteiger partial charge is 0.234 e. The number of benzene rings is 1. The first-order chi connectivity index (χ1) is 9.55. The molecular formula is C16H21N3O. The number of amides is 1. The Kier molecular flexibility index (Phi) is 4.41. The maximum absolute atomic E-state index is 11.6. The maximum Gasteiger partial charge on any atom is 0.234 e. The molecule has 1 aliphatic carbocycles. The fourth-order valence-corrected chi connectivity index (χ4v) is 2.68. The van der Waals surface area contributed by atoms with Gasteiger partial charge in [-0.25, -0.2) is 0 Å². The van der Waals surface area contributed by atoms with Crippen molar-refractivity contribution in [2.75, 3.05) is 6.54 Å². The summed E-state index contributed by atoms with van der Waals surface area (Å²) in [7, 11) is 0. The Labute approximate surface area is 120 Å². The molecule has 4 heteroatoms. The molecule has 0 atom stereocenters. The lowest BCUT2D eigenvalue weighted by atomic mass is 9.62. The van der Waals surface area contributed by atoms with E-state index >= 15 is 0 Å². The second-order valence-corrected chi connectivity index (χ2v) is 5.77. The molecule has 1 aliphatic rings. The molecule has 0 heterocycles. The number of hydrogen-bond donors (Lipinski definition) is 2. The van der Waals surface area contributed by atoms with Crippen molar-refractivity contribution in [1.82, 2.24) is 10.6 Å². The van der Waals surface area contributed by atoms with E-state index in [1.807, 2.05) is 44.2 Å². The fraction of sp³-hybridized carbons (Fsp3) is 0.500. The fourth-order valence-electron chi connectivity index (χ4n) is 2.68. The summed E-state index contributed by atoms with van der Waals surface area (Å²) in [6.07, 6.45) is 1.53. The first kappa shape index (κ1) is 14.5. The number of rotatable bonds is 5. The molecule has 0 radical (unpaired) electrons. The van der Waals surface area contributed by atoms with Gasteiger partial charge in [0.1, 0.15) is 0 Å². The Bertz CT molecular complexity index is 498. The maximum atomic E-state index is 11.6. The highest BCUT2D eigenvalue weighted by Crippen LogP contribution is 2.43. The van der Waals surface area contributed by atoms with Gasteiger partial charge in [0.05, 0.1) is 18.0 Å². The van der Waals surface area contributed by atoms with E-state index in [2.05, 4.69) is 16.7 Å². The average molecular weight is 271 g/mol. The topological polar surface area (TPSA) is 64.9 Å². The van der Waals surface area contributed by atoms with Gasteiger partial charge < -0.3 is 10.6 Å². The first-order valence-electron chi connectivity index (χ1n) is 7.05. The lowest BCUT2D eigenvalue weighted by Crippen LogP contribution is -2.53. The molecule has 0 unspecified atom stereocenters. The van der Waals surface area contributed by atoms with Crippen molar-refractivity contribution < 1.29 is 4.79 Å². The number of nitrogens with zero attached hydrogens (tertiary/aromatic N) is 1. The predicted octanol–water partition coefficient (Wildman–Crippen LogP) is 1.72. The third-order valence-corrected chi connectivity index (χ3v) is 3.73. The van der Waals surface area contributed by atoms with Crippen LogP contribution in [0.3, 0.4) is 0 Å². The molecule has 0 aromatic heterocycles. The Hall–Kier alpha value is -1.86. The van der Waals surface area contributed by atoms with Gasteiger partial charge in [0, 0.05) is 12.1 Å². The number of nitriles is 1. The monoisotopic (exact) mass is 271 g/mol. The molecule has 1 amide bonds. The van der Waals surface area contributed by atoms with Crippen molar-refractivity contribution >= 4 is 5.91 Å². The second-order valence-electron chi connectivity index (χ2n) is 5.77. The molecule has 106 valence electrons. The number of carbonyl (C=O) groups is 1. The van der Waals surface area contributed by atoms with Crippen LogP contribution in [-0.4, -0.2) is 24.5 Å². The van der Waals surface area contributed by atoms with Gasteiger partial charge in [0.25, 0.3) is 0 Å². The molecule has 0 saturated heterocycles. The van der Waals surface area contributed by atoms with E-state index in [9.17, 15) is 10.1 Å². The van der Waals surface area contributed by atoms with Crippen molar-refractivity contribution in [3.8, 4) is 6.07 Å². The van der Waals surface area contributed by atoms with Gasteiger partial charge in [-0.1, -0.05) is 30.3 Å². The molecule has 0 aliphatic heterocycles. The van der Waals surface area contributed by atoms with Gasteiger partial charge in [-0.3, -0.25) is 4.79 Å². The Morgan fingerprint density at radius 2 is 2.05 bits per heavy atom. The van der Waals surface area contributed by atoms with E-state index in [4.69, 9.17) is 0 Å². The lowest BCUT2D eigenvalue weighted by Gasteiger charge is -2.43. The zero-order chi connectivity index (χ0) is 14.6. The van der Waals surface area contributed by atoms with Gasteiger partial charge >= 0.3 is 0 Å². The van der Waals surface area contributed by atoms with E-state index in [1.165, 1.54) is 0 Å². The molecule has 1 saturated carbocycles. The van der Waals surface area contributed by atoms with Crippen LogP contribution in [0.25, 0.3) is 0 Å². The average Bonchev–Trinajstić information content (AvgIpc) is 2.38. The molecule has 20 heavy (non-hydrogen) atoms. The van der Waals surface area contributed by atoms with Gasteiger partial charge in [-0.15, -0.1) is 0 Å². The Balaban J connectivity index is 1.84. The molecule has 4 nitrogen and oxygen atoms in total. The van der Waals surface area contributed by atoms with Crippen molar-refractivity contribution in [1.29, 1.82) is 5.26 Å². The normalized spacial score (nSPS) is 24.8. The Morgan fingerprint density at radius 1 is 1.40 bits per heavy atom. The molecular weight excluding hydrogens is 250 g/mol. The van der Waals surface area contributed by atoms with E-state index in [0.29, 0.717) is 6.54 Å². The summed E-state index contributed by atoms with van der Waals surface area (Å²) < 4.78 is 0. The second kappa shape index (κ2) is 6.06. The van der Waals surface area contributed by atoms with Crippen molar-refractivity contribution in [3.05, 3.63) is 35.9 Å². The highest BCUT2D eigenvalue weighted by atomic mass is 16.1. The van der Waals surface area contributed by atoms with Crippen LogP contribution in [0.15, 0.2) is 30.3 Å². The SMILES string of the molecule is CC(C)NC(=O)CNC1CC(C#N)(c2ccccc2)C1. The van der Waals surface area contributed by atoms with Crippen molar-refractivity contribution in [2.45, 2.75) is 44.2 Å². The van der Waals surface area contributed by atoms with E-state index < -0.39 is 0 Å². The molecule has 1 aromatic rings. The van der Waals surface area contributed by atoms with Crippen molar-refractivity contribution in [2.24, 2.45) is 0 Å². The van der Waals surface area contributed by atoms with E-state index in [1.54, 1.807) is 0 Å². The first-order valence-corrected chi connectivity index (χ1v) is 7.05. The molecule has 2 rings (SSSR count). The summed E-state index contributed by atoms with van der Waals surface area (Å²) in [5, 5.41) is 15.5. The van der Waals surface area contributed by atoms with Crippen LogP contribution in [0.1, 0.15) is 32.3 Å². The lowest BCUT2D eigenvalue weighted by molar-refractivity contribution is -0.121. The van der Waals surface area contributed by atoms with Gasteiger partial charge in [0.2, 0.25) is 5.91 Å². The van der Waals surface area contributed by atoms with Gasteiger partial charge in [0.15, 0.2) is 0 Å². The minimum atomic E-state index is -0.381. The van der Waals surface area contributed by atoms with Crippen LogP contribution in [0.5, 0.6) is 0 Å². The summed E-state index contributed by atoms with van der Waals surface area (Å²) in [4.78, 5) is 11.6. The van der Waals surface area contributed by atoms with Crippen LogP contribution < -0.4 is 10.6 Å². The summed E-state index contributed by atoms with van der Waals surface area (Å²) >= 11 is 0. The van der Waals surface area contributed by atoms with E-state index in [-0.39, 0.29) is 23.4 Å². The van der Waals surface area contributed by atoms with Crippen LogP contribution in [-0.2, 0) is 10.2 Å². The summed E-state index contributed by atoms with van der Waals surface area (Å²) in [5.41, 5.74) is 0.695.